The van der Waals surface area contributed by atoms with Gasteiger partial charge in [0.25, 0.3) is 0 Å². The number of aliphatic carboxylic acids is 1. The van der Waals surface area contributed by atoms with Gasteiger partial charge in [-0.05, 0) is 36.2 Å². The van der Waals surface area contributed by atoms with Crippen molar-refractivity contribution in [2.75, 3.05) is 38.9 Å². The quantitative estimate of drug-likeness (QED) is 0.203. The predicted octanol–water partition coefficient (Wildman–Crippen LogP) is 3.01. The molecule has 1 amide bonds. The number of aromatic nitrogens is 1. The molecule has 2 heterocycles. The molecule has 0 fully saturated rings. The van der Waals surface area contributed by atoms with Gasteiger partial charge < -0.3 is 35.1 Å². The first-order valence-electron chi connectivity index (χ1n) is 11.4. The third kappa shape index (κ3) is 8.49. The molecule has 0 aliphatic carbocycles. The lowest BCUT2D eigenvalue weighted by Gasteiger charge is -2.16. The van der Waals surface area contributed by atoms with E-state index >= 15 is 0 Å². The lowest BCUT2D eigenvalue weighted by molar-refractivity contribution is -0.137. The number of benzene rings is 1. The highest BCUT2D eigenvalue weighted by molar-refractivity contribution is 5.87. The molecule has 1 aliphatic rings. The average Bonchev–Trinajstić information content (AvgIpc) is 3.07. The van der Waals surface area contributed by atoms with Gasteiger partial charge in [-0.1, -0.05) is 12.1 Å². The van der Waals surface area contributed by atoms with Crippen molar-refractivity contribution >= 4 is 17.7 Å². The molecule has 4 N–H and O–H groups in total. The minimum absolute atomic E-state index is 0.00996. The number of rotatable bonds is 12. The zero-order valence-corrected chi connectivity index (χ0v) is 19.7. The Hall–Kier alpha value is -3.79. The van der Waals surface area contributed by atoms with Crippen LogP contribution in [-0.4, -0.2) is 60.7 Å². The number of hydrogen-bond acceptors (Lipinski definition) is 8. The Bertz CT molecular complexity index is 1020. The molecule has 1 unspecified atom stereocenters. The number of hydrogen-bond donors (Lipinski definition) is 4. The van der Waals surface area contributed by atoms with E-state index in [1.54, 1.807) is 24.3 Å². The Balaban J connectivity index is 1.53. The molecule has 35 heavy (non-hydrogen) atoms. The summed E-state index contributed by atoms with van der Waals surface area (Å²) in [6.45, 7) is 1.87. The summed E-state index contributed by atoms with van der Waals surface area (Å²) >= 11 is 0. The number of nitrogens with zero attached hydrogens (tertiary/aromatic N) is 1. The monoisotopic (exact) mass is 485 g/mol. The molecule has 0 spiro atoms. The fourth-order valence-corrected chi connectivity index (χ4v) is 3.64. The lowest BCUT2D eigenvalue weighted by atomic mass is 9.91. The Morgan fingerprint density at radius 2 is 2.00 bits per heavy atom. The maximum atomic E-state index is 12.3. The van der Waals surface area contributed by atoms with Crippen molar-refractivity contribution < 1.29 is 34.0 Å². The maximum absolute atomic E-state index is 12.3. The number of pyridine rings is 1. The summed E-state index contributed by atoms with van der Waals surface area (Å²) in [6.07, 6.45) is 2.31. The first kappa shape index (κ1) is 25.8. The van der Waals surface area contributed by atoms with Crippen LogP contribution in [0.3, 0.4) is 0 Å². The van der Waals surface area contributed by atoms with E-state index in [2.05, 4.69) is 15.6 Å². The molecule has 10 nitrogen and oxygen atoms in total. The molecular formula is C25H31N3O7. The highest BCUT2D eigenvalue weighted by atomic mass is 16.7. The van der Waals surface area contributed by atoms with Crippen molar-refractivity contribution in [2.24, 2.45) is 0 Å². The smallest absolute Gasteiger partial charge is 0.303 e. The molecule has 1 aromatic carbocycles. The highest BCUT2D eigenvalue weighted by Crippen LogP contribution is 2.28. The minimum Gasteiger partial charge on any atom is -0.512 e. The first-order valence-corrected chi connectivity index (χ1v) is 11.4. The van der Waals surface area contributed by atoms with E-state index in [1.807, 2.05) is 12.1 Å². The van der Waals surface area contributed by atoms with Crippen molar-refractivity contribution in [3.05, 3.63) is 59.5 Å². The molecule has 0 saturated carbocycles. The van der Waals surface area contributed by atoms with Crippen LogP contribution in [0.1, 0.15) is 36.4 Å². The van der Waals surface area contributed by atoms with Crippen molar-refractivity contribution in [1.29, 1.82) is 0 Å². The fraction of sp³-hybridized carbons (Fsp3) is 0.400. The zero-order valence-electron chi connectivity index (χ0n) is 19.7. The number of anilines is 1. The second kappa shape index (κ2) is 13.2. The number of carboxylic acid groups (broad SMARTS) is 1. The topological polar surface area (TPSA) is 139 Å². The number of allylic oxidation sites excluding steroid dienone is 1. The molecule has 1 atom stereocenters. The normalized spacial score (nSPS) is 14.0. The Labute approximate surface area is 203 Å². The van der Waals surface area contributed by atoms with Crippen molar-refractivity contribution in [1.82, 2.24) is 10.3 Å². The number of amides is 1. The number of methoxy groups -OCH3 is 1. The van der Waals surface area contributed by atoms with E-state index in [0.29, 0.717) is 36.7 Å². The van der Waals surface area contributed by atoms with E-state index < -0.39 is 17.8 Å². The zero-order chi connectivity index (χ0) is 25.0. The number of ether oxygens (including phenoxy) is 3. The third-order valence-corrected chi connectivity index (χ3v) is 5.34. The minimum atomic E-state index is -1.000. The van der Waals surface area contributed by atoms with E-state index in [-0.39, 0.29) is 25.4 Å². The van der Waals surface area contributed by atoms with Crippen LogP contribution in [0.4, 0.5) is 5.82 Å². The number of carboxylic acids is 1. The molecule has 1 aliphatic heterocycles. The molecule has 188 valence electrons. The molecule has 1 aromatic heterocycles. The van der Waals surface area contributed by atoms with Crippen LogP contribution in [0.25, 0.3) is 0 Å². The van der Waals surface area contributed by atoms with Crippen LogP contribution in [0.5, 0.6) is 11.5 Å². The molecule has 0 bridgehead atoms. The van der Waals surface area contributed by atoms with E-state index in [0.717, 1.165) is 30.5 Å². The van der Waals surface area contributed by atoms with E-state index in [1.165, 1.54) is 7.11 Å². The summed E-state index contributed by atoms with van der Waals surface area (Å²) in [5.41, 5.74) is 1.51. The van der Waals surface area contributed by atoms with Crippen LogP contribution in [-0.2, 0) is 20.7 Å². The first-order chi connectivity index (χ1) is 16.9. The molecular weight excluding hydrogens is 454 g/mol. The number of carbonyl (C=O) groups excluding carboxylic acids is 1. The Morgan fingerprint density at radius 3 is 2.74 bits per heavy atom. The van der Waals surface area contributed by atoms with Gasteiger partial charge in [0.2, 0.25) is 5.91 Å². The van der Waals surface area contributed by atoms with Crippen molar-refractivity contribution in [2.45, 2.75) is 31.6 Å². The maximum Gasteiger partial charge on any atom is 0.303 e. The number of fused-ring (bicyclic) bond motifs is 1. The highest BCUT2D eigenvalue weighted by Gasteiger charge is 2.18. The van der Waals surface area contributed by atoms with E-state index in [9.17, 15) is 19.8 Å². The SMILES string of the molecule is COCOc1ccc(C(CC(=O)O)C/C(O)=C/C(=O)NCCc2ccc3c(n2)NCCCO3)cc1. The van der Waals surface area contributed by atoms with Gasteiger partial charge in [0, 0.05) is 50.7 Å². The van der Waals surface area contributed by atoms with Gasteiger partial charge in [0.1, 0.15) is 5.75 Å². The van der Waals surface area contributed by atoms with Crippen LogP contribution in [0.2, 0.25) is 0 Å². The molecule has 0 radical (unpaired) electrons. The van der Waals surface area contributed by atoms with Crippen molar-refractivity contribution in [3.63, 3.8) is 0 Å². The van der Waals surface area contributed by atoms with Crippen LogP contribution >= 0.6 is 0 Å². The molecule has 2 aromatic rings. The summed E-state index contributed by atoms with van der Waals surface area (Å²) < 4.78 is 15.8. The Kier molecular flexibility index (Phi) is 9.73. The predicted molar refractivity (Wildman–Crippen MR) is 129 cm³/mol. The van der Waals surface area contributed by atoms with Gasteiger partial charge >= 0.3 is 5.97 Å². The summed E-state index contributed by atoms with van der Waals surface area (Å²) in [4.78, 5) is 28.1. The van der Waals surface area contributed by atoms with Gasteiger partial charge in [-0.25, -0.2) is 4.98 Å². The largest absolute Gasteiger partial charge is 0.512 e. The summed E-state index contributed by atoms with van der Waals surface area (Å²) in [5, 5.41) is 25.6. The van der Waals surface area contributed by atoms with Crippen LogP contribution < -0.4 is 20.1 Å². The number of aliphatic hydroxyl groups excluding tert-OH is 1. The second-order valence-corrected chi connectivity index (χ2v) is 8.07. The van der Waals surface area contributed by atoms with Crippen LogP contribution in [0, 0.1) is 0 Å². The van der Waals surface area contributed by atoms with E-state index in [4.69, 9.17) is 14.2 Å². The standard InChI is InChI=1S/C25H31N3O7/c1-33-16-35-21-6-3-17(4-7-21)18(14-24(31)32)13-20(29)15-23(30)26-11-9-19-5-8-22-25(28-19)27-10-2-12-34-22/h3-8,15,18,29H,2,9-14,16H2,1H3,(H,26,30)(H,27,28)(H,31,32)/b20-15-. The molecule has 0 saturated heterocycles. The number of nitrogens with one attached hydrogen (secondary N) is 2. The van der Waals surface area contributed by atoms with Gasteiger partial charge in [0.15, 0.2) is 18.4 Å². The van der Waals surface area contributed by atoms with Gasteiger partial charge in [-0.3, -0.25) is 9.59 Å². The fourth-order valence-electron chi connectivity index (χ4n) is 3.64. The van der Waals surface area contributed by atoms with Gasteiger partial charge in [-0.2, -0.15) is 0 Å². The summed E-state index contributed by atoms with van der Waals surface area (Å²) in [5.74, 6) is -0.167. The summed E-state index contributed by atoms with van der Waals surface area (Å²) in [6, 6.07) is 10.6. The average molecular weight is 486 g/mol. The molecule has 10 heteroatoms. The Morgan fingerprint density at radius 1 is 1.20 bits per heavy atom. The van der Waals surface area contributed by atoms with Gasteiger partial charge in [0.05, 0.1) is 18.8 Å². The molecule has 3 rings (SSSR count). The van der Waals surface area contributed by atoms with Crippen LogP contribution in [0.15, 0.2) is 48.2 Å². The van der Waals surface area contributed by atoms with Crippen molar-refractivity contribution in [3.8, 4) is 11.5 Å². The third-order valence-electron chi connectivity index (χ3n) is 5.34. The van der Waals surface area contributed by atoms with Gasteiger partial charge in [-0.15, -0.1) is 0 Å². The second-order valence-electron chi connectivity index (χ2n) is 8.07. The number of aliphatic hydroxyl groups is 1. The number of carbonyl (C=O) groups is 2. The lowest BCUT2D eigenvalue weighted by Crippen LogP contribution is -2.24. The summed E-state index contributed by atoms with van der Waals surface area (Å²) in [7, 11) is 1.52.